The van der Waals surface area contributed by atoms with Crippen molar-refractivity contribution >= 4 is 0 Å². The van der Waals surface area contributed by atoms with Crippen molar-refractivity contribution in [1.29, 1.82) is 0 Å². The molecule has 4 aliphatic carbocycles. The Hall–Kier alpha value is 0. The summed E-state index contributed by atoms with van der Waals surface area (Å²) in [5.74, 6) is 7.98. The molecule has 4 aliphatic rings. The molecule has 0 heteroatoms. The normalized spacial score (nSPS) is 55.5. The third-order valence-corrected chi connectivity index (χ3v) is 7.41. The molecule has 0 aromatic rings. The van der Waals surface area contributed by atoms with Crippen molar-refractivity contribution in [1.82, 2.24) is 0 Å². The van der Waals surface area contributed by atoms with E-state index in [1.165, 1.54) is 11.8 Å². The molecule has 4 rings (SSSR count). The predicted molar refractivity (Wildman–Crippen MR) is 76.3 cm³/mol. The molecule has 18 heavy (non-hydrogen) atoms. The van der Waals surface area contributed by atoms with Gasteiger partial charge in [-0.1, -0.05) is 26.2 Å². The third kappa shape index (κ3) is 1.78. The van der Waals surface area contributed by atoms with E-state index in [4.69, 9.17) is 0 Å². The van der Waals surface area contributed by atoms with E-state index in [-0.39, 0.29) is 0 Å². The fourth-order valence-corrected chi connectivity index (χ4v) is 6.71. The molecule has 0 heterocycles. The smallest absolute Gasteiger partial charge is 0.0352 e. The molecule has 0 N–H and O–H groups in total. The zero-order valence-corrected chi connectivity index (χ0v) is 12.1. The van der Waals surface area contributed by atoms with Crippen molar-refractivity contribution in [3.05, 3.63) is 0 Å². The van der Waals surface area contributed by atoms with Gasteiger partial charge >= 0.3 is 0 Å². The van der Waals surface area contributed by atoms with Crippen LogP contribution in [0.5, 0.6) is 0 Å². The molecule has 7 atom stereocenters. The van der Waals surface area contributed by atoms with Gasteiger partial charge in [0.05, 0.1) is 0 Å². The highest BCUT2D eigenvalue weighted by Crippen LogP contribution is 2.58. The number of hydrogen-bond acceptors (Lipinski definition) is 0. The molecule has 6 unspecified atom stereocenters. The second kappa shape index (κ2) is 4.53. The van der Waals surface area contributed by atoms with Gasteiger partial charge in [0.1, 0.15) is 0 Å². The zero-order chi connectivity index (χ0) is 12.1. The highest BCUT2D eigenvalue weighted by atomic mass is 14.5. The van der Waals surface area contributed by atoms with Crippen LogP contribution in [0.4, 0.5) is 0 Å². The zero-order valence-electron chi connectivity index (χ0n) is 12.1. The Morgan fingerprint density at radius 3 is 2.06 bits per heavy atom. The molecule has 4 fully saturated rings. The first kappa shape index (κ1) is 11.8. The van der Waals surface area contributed by atoms with Gasteiger partial charge < -0.3 is 0 Å². The fourth-order valence-electron chi connectivity index (χ4n) is 6.71. The number of rotatable bonds is 0. The Bertz CT molecular complexity index is 307. The van der Waals surface area contributed by atoms with Crippen LogP contribution in [-0.2, 0) is 0 Å². The van der Waals surface area contributed by atoms with Gasteiger partial charge in [-0.3, -0.25) is 0 Å². The van der Waals surface area contributed by atoms with E-state index in [0.29, 0.717) is 0 Å². The Morgan fingerprint density at radius 1 is 0.556 bits per heavy atom. The van der Waals surface area contributed by atoms with Crippen LogP contribution in [0, 0.1) is 41.4 Å². The second-order valence-corrected chi connectivity index (χ2v) is 8.18. The number of fused-ring (bicyclic) bond motifs is 5. The monoisotopic (exact) mass is 246 g/mol. The molecule has 0 spiro atoms. The van der Waals surface area contributed by atoms with Gasteiger partial charge in [-0.15, -0.1) is 0 Å². The summed E-state index contributed by atoms with van der Waals surface area (Å²) < 4.78 is 0. The minimum absolute atomic E-state index is 1.03. The fraction of sp³-hybridized carbons (Fsp3) is 1.00. The summed E-state index contributed by atoms with van der Waals surface area (Å²) in [5, 5.41) is 0. The summed E-state index contributed by atoms with van der Waals surface area (Å²) in [4.78, 5) is 0. The molecule has 0 nitrogen and oxygen atoms in total. The first-order valence-corrected chi connectivity index (χ1v) is 8.83. The molecule has 0 amide bonds. The molecule has 0 bridgehead atoms. The van der Waals surface area contributed by atoms with Gasteiger partial charge in [-0.25, -0.2) is 0 Å². The lowest BCUT2D eigenvalue weighted by atomic mass is 9.53. The SMILES string of the molecule is C[C@H]1CCC2C(CCC3C4CCCC4CCC23)C1. The largest absolute Gasteiger partial charge is 0.0625 e. The molecular weight excluding hydrogens is 216 g/mol. The molecule has 0 aromatic carbocycles. The van der Waals surface area contributed by atoms with Crippen LogP contribution in [0.15, 0.2) is 0 Å². The summed E-state index contributed by atoms with van der Waals surface area (Å²) >= 11 is 0. The van der Waals surface area contributed by atoms with E-state index in [1.54, 1.807) is 64.2 Å². The van der Waals surface area contributed by atoms with Crippen molar-refractivity contribution in [3.63, 3.8) is 0 Å². The summed E-state index contributed by atoms with van der Waals surface area (Å²) in [6.45, 7) is 2.50. The average molecular weight is 246 g/mol. The number of hydrogen-bond donors (Lipinski definition) is 0. The summed E-state index contributed by atoms with van der Waals surface area (Å²) in [7, 11) is 0. The Kier molecular flexibility index (Phi) is 2.97. The highest BCUT2D eigenvalue weighted by molar-refractivity contribution is 4.98. The van der Waals surface area contributed by atoms with Crippen molar-refractivity contribution in [2.75, 3.05) is 0 Å². The maximum Gasteiger partial charge on any atom is -0.0352 e. The standard InChI is InChI=1S/C18H30/c1-12-5-8-16-14(11-12)7-10-17-15-4-2-3-13(15)6-9-18(16)17/h12-18H,2-11H2,1H3/t12-,13?,14?,15?,16?,17?,18?/m0/s1. The second-order valence-electron chi connectivity index (χ2n) is 8.18. The molecule has 102 valence electrons. The summed E-state index contributed by atoms with van der Waals surface area (Å²) in [6, 6.07) is 0. The lowest BCUT2D eigenvalue weighted by Gasteiger charge is -2.52. The van der Waals surface area contributed by atoms with Crippen LogP contribution in [0.25, 0.3) is 0 Å². The van der Waals surface area contributed by atoms with Gasteiger partial charge in [-0.05, 0) is 86.4 Å². The van der Waals surface area contributed by atoms with E-state index in [1.807, 2.05) is 0 Å². The molecule has 4 saturated carbocycles. The van der Waals surface area contributed by atoms with Crippen LogP contribution in [-0.4, -0.2) is 0 Å². The molecule has 0 saturated heterocycles. The van der Waals surface area contributed by atoms with Gasteiger partial charge in [-0.2, -0.15) is 0 Å². The quantitative estimate of drug-likeness (QED) is 0.546. The van der Waals surface area contributed by atoms with Gasteiger partial charge in [0.15, 0.2) is 0 Å². The van der Waals surface area contributed by atoms with E-state index in [2.05, 4.69) is 6.92 Å². The molecule has 0 aliphatic heterocycles. The van der Waals surface area contributed by atoms with Gasteiger partial charge in [0, 0.05) is 0 Å². The van der Waals surface area contributed by atoms with Crippen molar-refractivity contribution in [2.24, 2.45) is 41.4 Å². The van der Waals surface area contributed by atoms with Gasteiger partial charge in [0.2, 0.25) is 0 Å². The Morgan fingerprint density at radius 2 is 1.22 bits per heavy atom. The van der Waals surface area contributed by atoms with E-state index in [9.17, 15) is 0 Å². The minimum atomic E-state index is 1.03. The average Bonchev–Trinajstić information content (AvgIpc) is 2.86. The third-order valence-electron chi connectivity index (χ3n) is 7.41. The van der Waals surface area contributed by atoms with Crippen LogP contribution >= 0.6 is 0 Å². The van der Waals surface area contributed by atoms with Gasteiger partial charge in [0.25, 0.3) is 0 Å². The topological polar surface area (TPSA) is 0 Å². The summed E-state index contributed by atoms with van der Waals surface area (Å²) in [6.07, 6.45) is 15.9. The highest BCUT2D eigenvalue weighted by Gasteiger charge is 2.48. The maximum atomic E-state index is 2.50. The van der Waals surface area contributed by atoms with Crippen LogP contribution in [0.1, 0.15) is 71.1 Å². The Balaban J connectivity index is 1.53. The Labute approximate surface area is 113 Å². The van der Waals surface area contributed by atoms with Crippen molar-refractivity contribution < 1.29 is 0 Å². The predicted octanol–water partition coefficient (Wildman–Crippen LogP) is 5.28. The van der Waals surface area contributed by atoms with E-state index in [0.717, 1.165) is 29.6 Å². The van der Waals surface area contributed by atoms with Crippen LogP contribution < -0.4 is 0 Å². The molecular formula is C18H30. The lowest BCUT2D eigenvalue weighted by Crippen LogP contribution is -2.44. The lowest BCUT2D eigenvalue weighted by molar-refractivity contribution is -0.0269. The molecule has 0 aromatic heterocycles. The molecule has 0 radical (unpaired) electrons. The minimum Gasteiger partial charge on any atom is -0.0625 e. The van der Waals surface area contributed by atoms with Crippen LogP contribution in [0.2, 0.25) is 0 Å². The summed E-state index contributed by atoms with van der Waals surface area (Å²) in [5.41, 5.74) is 0. The van der Waals surface area contributed by atoms with E-state index >= 15 is 0 Å². The van der Waals surface area contributed by atoms with Crippen molar-refractivity contribution in [2.45, 2.75) is 71.1 Å². The first-order valence-electron chi connectivity index (χ1n) is 8.83. The van der Waals surface area contributed by atoms with Crippen molar-refractivity contribution in [3.8, 4) is 0 Å². The maximum absolute atomic E-state index is 2.50. The van der Waals surface area contributed by atoms with Crippen LogP contribution in [0.3, 0.4) is 0 Å². The van der Waals surface area contributed by atoms with E-state index < -0.39 is 0 Å². The first-order chi connectivity index (χ1) is 8.83.